The highest BCUT2D eigenvalue weighted by Gasteiger charge is 2.24. The smallest absolute Gasteiger partial charge is 0.356 e. The number of para-hydroxylation sites is 1. The van der Waals surface area contributed by atoms with Crippen molar-refractivity contribution in [3.8, 4) is 5.69 Å². The van der Waals surface area contributed by atoms with Crippen molar-refractivity contribution >= 4 is 23.7 Å². The number of esters is 2. The van der Waals surface area contributed by atoms with Crippen molar-refractivity contribution in [1.29, 1.82) is 0 Å². The Balaban J connectivity index is 1.96. The number of aryl methyl sites for hydroxylation is 1. The molecule has 0 aliphatic rings. The number of anilines is 1. The van der Waals surface area contributed by atoms with Crippen molar-refractivity contribution < 1.29 is 23.9 Å². The van der Waals surface area contributed by atoms with Crippen LogP contribution in [-0.4, -0.2) is 50.6 Å². The fourth-order valence-corrected chi connectivity index (χ4v) is 2.74. The normalized spacial score (nSPS) is 10.5. The molecule has 3 aromatic rings. The number of carbonyl (C=O) groups is 3. The van der Waals surface area contributed by atoms with Crippen LogP contribution in [0.3, 0.4) is 0 Å². The predicted octanol–water partition coefficient (Wildman–Crippen LogP) is 2.21. The van der Waals surface area contributed by atoms with Crippen molar-refractivity contribution in [3.63, 3.8) is 0 Å². The summed E-state index contributed by atoms with van der Waals surface area (Å²) in [6.07, 6.45) is 1.32. The van der Waals surface area contributed by atoms with Crippen molar-refractivity contribution in [1.82, 2.24) is 19.6 Å². The van der Waals surface area contributed by atoms with Crippen LogP contribution < -0.4 is 5.32 Å². The van der Waals surface area contributed by atoms with Gasteiger partial charge in [-0.2, -0.15) is 10.2 Å². The molecule has 2 aromatic heterocycles. The Labute approximate surface area is 172 Å². The lowest BCUT2D eigenvalue weighted by Crippen LogP contribution is -2.18. The van der Waals surface area contributed by atoms with E-state index in [2.05, 4.69) is 15.5 Å². The molecule has 156 valence electrons. The van der Waals surface area contributed by atoms with Crippen LogP contribution in [-0.2, 0) is 16.5 Å². The van der Waals surface area contributed by atoms with E-state index in [1.54, 1.807) is 38.1 Å². The number of aromatic nitrogens is 4. The van der Waals surface area contributed by atoms with E-state index >= 15 is 0 Å². The molecule has 1 N–H and O–H groups in total. The molecular weight excluding hydrogens is 390 g/mol. The summed E-state index contributed by atoms with van der Waals surface area (Å²) in [4.78, 5) is 37.2. The Morgan fingerprint density at radius 1 is 1.03 bits per heavy atom. The highest BCUT2D eigenvalue weighted by Crippen LogP contribution is 2.22. The van der Waals surface area contributed by atoms with Crippen molar-refractivity contribution in [2.75, 3.05) is 18.5 Å². The van der Waals surface area contributed by atoms with Crippen LogP contribution in [0, 0.1) is 0 Å². The molecule has 0 aliphatic heterocycles. The summed E-state index contributed by atoms with van der Waals surface area (Å²) in [5.41, 5.74) is 0.840. The van der Waals surface area contributed by atoms with Crippen LogP contribution in [0.4, 0.5) is 5.82 Å². The molecule has 0 spiro atoms. The molecule has 10 nitrogen and oxygen atoms in total. The fraction of sp³-hybridized carbons (Fsp3) is 0.250. The van der Waals surface area contributed by atoms with Gasteiger partial charge in [0, 0.05) is 13.1 Å². The first-order valence-electron chi connectivity index (χ1n) is 9.29. The first-order chi connectivity index (χ1) is 14.5. The molecule has 3 rings (SSSR count). The summed E-state index contributed by atoms with van der Waals surface area (Å²) in [5, 5.41) is 10.9. The van der Waals surface area contributed by atoms with Gasteiger partial charge in [0.1, 0.15) is 11.3 Å². The van der Waals surface area contributed by atoms with Gasteiger partial charge in [0.05, 0.1) is 25.1 Å². The Morgan fingerprint density at radius 3 is 2.37 bits per heavy atom. The summed E-state index contributed by atoms with van der Waals surface area (Å²) < 4.78 is 12.7. The Morgan fingerprint density at radius 2 is 1.70 bits per heavy atom. The van der Waals surface area contributed by atoms with Gasteiger partial charge in [-0.05, 0) is 26.0 Å². The quantitative estimate of drug-likeness (QED) is 0.592. The van der Waals surface area contributed by atoms with Gasteiger partial charge >= 0.3 is 11.9 Å². The predicted molar refractivity (Wildman–Crippen MR) is 107 cm³/mol. The van der Waals surface area contributed by atoms with Gasteiger partial charge < -0.3 is 14.8 Å². The zero-order chi connectivity index (χ0) is 21.7. The lowest BCUT2D eigenvalue weighted by Gasteiger charge is -2.10. The minimum absolute atomic E-state index is 0.0174. The van der Waals surface area contributed by atoms with Crippen LogP contribution in [0.25, 0.3) is 5.69 Å². The van der Waals surface area contributed by atoms with Crippen molar-refractivity contribution in [3.05, 3.63) is 59.5 Å². The molecular formula is C20H21N5O5. The molecule has 0 unspecified atom stereocenters. The third-order valence-corrected chi connectivity index (χ3v) is 4.09. The minimum atomic E-state index is -0.622. The summed E-state index contributed by atoms with van der Waals surface area (Å²) in [5.74, 6) is -1.70. The van der Waals surface area contributed by atoms with Gasteiger partial charge in [0.25, 0.3) is 5.91 Å². The van der Waals surface area contributed by atoms with E-state index in [9.17, 15) is 14.4 Å². The lowest BCUT2D eigenvalue weighted by molar-refractivity contribution is 0.0508. The topological polar surface area (TPSA) is 117 Å². The maximum Gasteiger partial charge on any atom is 0.356 e. The third-order valence-electron chi connectivity index (χ3n) is 4.09. The standard InChI is InChI=1S/C20H21N5O5/c1-4-29-19(27)14-12-21-25(13-9-7-6-8-10-13)17(14)22-18(26)15-11-16(24(3)23-15)20(28)30-5-2/h6-12H,4-5H2,1-3H3,(H,22,26). The van der Waals surface area contributed by atoms with Gasteiger partial charge in [-0.15, -0.1) is 0 Å². The van der Waals surface area contributed by atoms with E-state index in [1.165, 1.54) is 28.7 Å². The molecule has 0 aliphatic carbocycles. The number of hydrogen-bond acceptors (Lipinski definition) is 7. The van der Waals surface area contributed by atoms with Crippen LogP contribution in [0.2, 0.25) is 0 Å². The largest absolute Gasteiger partial charge is 0.462 e. The summed E-state index contributed by atoms with van der Waals surface area (Å²) >= 11 is 0. The van der Waals surface area contributed by atoms with Crippen molar-refractivity contribution in [2.24, 2.45) is 7.05 Å². The first kappa shape index (κ1) is 20.8. The molecule has 0 saturated carbocycles. The van der Waals surface area contributed by atoms with Gasteiger partial charge in [-0.1, -0.05) is 18.2 Å². The second-order valence-electron chi connectivity index (χ2n) is 6.09. The molecule has 10 heteroatoms. The van der Waals surface area contributed by atoms with Gasteiger partial charge in [-0.3, -0.25) is 9.48 Å². The lowest BCUT2D eigenvalue weighted by atomic mass is 10.3. The minimum Gasteiger partial charge on any atom is -0.462 e. The molecule has 0 fully saturated rings. The second-order valence-corrected chi connectivity index (χ2v) is 6.09. The summed E-state index contributed by atoms with van der Waals surface area (Å²) in [6.45, 7) is 3.74. The maximum atomic E-state index is 12.8. The first-order valence-corrected chi connectivity index (χ1v) is 9.29. The average Bonchev–Trinajstić information content (AvgIpc) is 3.33. The zero-order valence-electron chi connectivity index (χ0n) is 16.8. The fourth-order valence-electron chi connectivity index (χ4n) is 2.74. The highest BCUT2D eigenvalue weighted by molar-refractivity contribution is 6.07. The summed E-state index contributed by atoms with van der Waals surface area (Å²) in [6, 6.07) is 10.3. The number of nitrogens with one attached hydrogen (secondary N) is 1. The molecule has 0 atom stereocenters. The van der Waals surface area contributed by atoms with Crippen LogP contribution >= 0.6 is 0 Å². The molecule has 1 amide bonds. The van der Waals surface area contributed by atoms with Crippen molar-refractivity contribution in [2.45, 2.75) is 13.8 Å². The Hall–Kier alpha value is -3.95. The number of rotatable bonds is 7. The SMILES string of the molecule is CCOC(=O)c1cnn(-c2ccccc2)c1NC(=O)c1cc(C(=O)OCC)n(C)n1. The number of ether oxygens (including phenoxy) is 2. The number of nitrogens with zero attached hydrogens (tertiary/aromatic N) is 4. The molecule has 0 radical (unpaired) electrons. The van der Waals surface area contributed by atoms with E-state index in [4.69, 9.17) is 9.47 Å². The van der Waals surface area contributed by atoms with E-state index in [0.717, 1.165) is 0 Å². The Bertz CT molecular complexity index is 1070. The van der Waals surface area contributed by atoms with E-state index in [0.29, 0.717) is 5.69 Å². The molecule has 0 saturated heterocycles. The van der Waals surface area contributed by atoms with Gasteiger partial charge in [0.15, 0.2) is 11.5 Å². The number of amides is 1. The van der Waals surface area contributed by atoms with E-state index in [-0.39, 0.29) is 36.0 Å². The van der Waals surface area contributed by atoms with Gasteiger partial charge in [-0.25, -0.2) is 14.3 Å². The monoisotopic (exact) mass is 411 g/mol. The molecule has 30 heavy (non-hydrogen) atoms. The van der Waals surface area contributed by atoms with E-state index in [1.807, 2.05) is 6.07 Å². The number of hydrogen-bond donors (Lipinski definition) is 1. The summed E-state index contributed by atoms with van der Waals surface area (Å²) in [7, 11) is 1.53. The van der Waals surface area contributed by atoms with E-state index < -0.39 is 17.8 Å². The Kier molecular flexibility index (Phi) is 6.26. The molecule has 0 bridgehead atoms. The molecule has 1 aromatic carbocycles. The second kappa shape index (κ2) is 9.03. The maximum absolute atomic E-state index is 12.8. The number of carbonyl (C=O) groups excluding carboxylic acids is 3. The average molecular weight is 411 g/mol. The highest BCUT2D eigenvalue weighted by atomic mass is 16.5. The third kappa shape index (κ3) is 4.22. The molecule has 2 heterocycles. The van der Waals surface area contributed by atoms with Gasteiger partial charge in [0.2, 0.25) is 0 Å². The van der Waals surface area contributed by atoms with Crippen LogP contribution in [0.5, 0.6) is 0 Å². The zero-order valence-corrected chi connectivity index (χ0v) is 16.8. The number of benzene rings is 1. The van der Waals surface area contributed by atoms with Crippen LogP contribution in [0.1, 0.15) is 45.2 Å². The van der Waals surface area contributed by atoms with Crippen LogP contribution in [0.15, 0.2) is 42.6 Å².